The van der Waals surface area contributed by atoms with Gasteiger partial charge in [-0.2, -0.15) is 5.26 Å². The van der Waals surface area contributed by atoms with Crippen molar-refractivity contribution in [2.75, 3.05) is 7.11 Å². The molecule has 86 valence electrons. The predicted molar refractivity (Wildman–Crippen MR) is 63.6 cm³/mol. The Morgan fingerprint density at radius 1 is 1.50 bits per heavy atom. The second kappa shape index (κ2) is 5.72. The van der Waals surface area contributed by atoms with Gasteiger partial charge in [-0.15, -0.1) is 0 Å². The Morgan fingerprint density at radius 3 is 2.69 bits per heavy atom. The lowest BCUT2D eigenvalue weighted by Gasteiger charge is -2.20. The number of ether oxygens (including phenoxy) is 1. The summed E-state index contributed by atoms with van der Waals surface area (Å²) in [5, 5.41) is 9.23. The van der Waals surface area contributed by atoms with E-state index in [0.717, 1.165) is 5.56 Å². The van der Waals surface area contributed by atoms with Crippen molar-refractivity contribution in [3.8, 4) is 11.9 Å². The first-order chi connectivity index (χ1) is 7.60. The fraction of sp³-hybridized carbons (Fsp3) is 0.500. The highest BCUT2D eigenvalue weighted by molar-refractivity contribution is 6.29. The summed E-state index contributed by atoms with van der Waals surface area (Å²) in [6.07, 6.45) is 0.456. The predicted octanol–water partition coefficient (Wildman–Crippen LogP) is 3.40. The molecule has 0 aromatic carbocycles. The van der Waals surface area contributed by atoms with E-state index >= 15 is 0 Å². The minimum Gasteiger partial charge on any atom is -0.481 e. The van der Waals surface area contributed by atoms with Crippen LogP contribution < -0.4 is 4.74 Å². The lowest BCUT2D eigenvalue weighted by atomic mass is 9.87. The third kappa shape index (κ3) is 2.86. The largest absolute Gasteiger partial charge is 0.481 e. The van der Waals surface area contributed by atoms with Gasteiger partial charge < -0.3 is 4.74 Å². The summed E-state index contributed by atoms with van der Waals surface area (Å²) in [6, 6.07) is 5.81. The van der Waals surface area contributed by atoms with Crippen molar-refractivity contribution in [1.82, 2.24) is 4.98 Å². The van der Waals surface area contributed by atoms with Gasteiger partial charge >= 0.3 is 0 Å². The highest BCUT2D eigenvalue weighted by atomic mass is 35.5. The van der Waals surface area contributed by atoms with Crippen LogP contribution in [0, 0.1) is 17.2 Å². The minimum atomic E-state index is 0.129. The smallest absolute Gasteiger partial charge is 0.218 e. The monoisotopic (exact) mass is 238 g/mol. The quantitative estimate of drug-likeness (QED) is 0.756. The first-order valence-electron chi connectivity index (χ1n) is 5.17. The molecule has 0 radical (unpaired) electrons. The molecule has 0 aliphatic heterocycles. The van der Waals surface area contributed by atoms with Crippen molar-refractivity contribution in [3.05, 3.63) is 22.8 Å². The molecule has 3 nitrogen and oxygen atoms in total. The number of methoxy groups -OCH3 is 1. The maximum atomic E-state index is 8.83. The molecule has 0 saturated heterocycles. The van der Waals surface area contributed by atoms with E-state index in [2.05, 4.69) is 24.9 Å². The van der Waals surface area contributed by atoms with Gasteiger partial charge in [0, 0.05) is 17.9 Å². The summed E-state index contributed by atoms with van der Waals surface area (Å²) in [7, 11) is 1.56. The molecule has 1 heterocycles. The number of pyridine rings is 1. The third-order valence-electron chi connectivity index (χ3n) is 2.56. The van der Waals surface area contributed by atoms with Crippen LogP contribution >= 0.6 is 11.6 Å². The molecule has 1 rings (SSSR count). The van der Waals surface area contributed by atoms with Gasteiger partial charge in [0.1, 0.15) is 5.15 Å². The Balaban J connectivity index is 3.13. The Bertz CT molecular complexity index is 398. The Morgan fingerprint density at radius 2 is 2.19 bits per heavy atom. The average molecular weight is 239 g/mol. The van der Waals surface area contributed by atoms with Crippen molar-refractivity contribution in [2.24, 2.45) is 5.92 Å². The van der Waals surface area contributed by atoms with Gasteiger partial charge in [0.25, 0.3) is 0 Å². The number of nitrogens with zero attached hydrogens (tertiary/aromatic N) is 2. The average Bonchev–Trinajstić information content (AvgIpc) is 2.26. The van der Waals surface area contributed by atoms with Gasteiger partial charge in [0.15, 0.2) is 0 Å². The van der Waals surface area contributed by atoms with Crippen LogP contribution in [-0.4, -0.2) is 12.1 Å². The molecule has 0 spiro atoms. The van der Waals surface area contributed by atoms with Crippen molar-refractivity contribution >= 4 is 11.6 Å². The molecular weight excluding hydrogens is 224 g/mol. The lowest BCUT2D eigenvalue weighted by molar-refractivity contribution is 0.379. The Hall–Kier alpha value is -1.27. The molecule has 16 heavy (non-hydrogen) atoms. The van der Waals surface area contributed by atoms with Gasteiger partial charge in [-0.3, -0.25) is 0 Å². The second-order valence-electron chi connectivity index (χ2n) is 3.95. The SMILES string of the molecule is COc1nc(Cl)ccc1C(CC#N)C(C)C. The van der Waals surface area contributed by atoms with Crippen LogP contribution in [0.15, 0.2) is 12.1 Å². The maximum absolute atomic E-state index is 8.83. The number of halogens is 1. The van der Waals surface area contributed by atoms with Crippen LogP contribution in [0.4, 0.5) is 0 Å². The molecule has 0 aliphatic carbocycles. The molecule has 0 fully saturated rings. The normalized spacial score (nSPS) is 12.2. The number of hydrogen-bond acceptors (Lipinski definition) is 3. The first-order valence-corrected chi connectivity index (χ1v) is 5.55. The second-order valence-corrected chi connectivity index (χ2v) is 4.33. The number of rotatable bonds is 4. The fourth-order valence-electron chi connectivity index (χ4n) is 1.68. The summed E-state index contributed by atoms with van der Waals surface area (Å²) in [5.41, 5.74) is 0.948. The van der Waals surface area contributed by atoms with E-state index in [1.807, 2.05) is 6.07 Å². The summed E-state index contributed by atoms with van der Waals surface area (Å²) in [5.74, 6) is 1.00. The number of nitriles is 1. The highest BCUT2D eigenvalue weighted by Crippen LogP contribution is 2.33. The minimum absolute atomic E-state index is 0.129. The molecule has 4 heteroatoms. The molecule has 0 N–H and O–H groups in total. The molecule has 1 unspecified atom stereocenters. The van der Waals surface area contributed by atoms with Gasteiger partial charge in [-0.1, -0.05) is 31.5 Å². The van der Waals surface area contributed by atoms with Crippen molar-refractivity contribution in [1.29, 1.82) is 5.26 Å². The Kier molecular flexibility index (Phi) is 4.57. The Labute approximate surface area is 101 Å². The molecule has 1 aromatic rings. The molecule has 0 bridgehead atoms. The topological polar surface area (TPSA) is 45.9 Å². The summed E-state index contributed by atoms with van der Waals surface area (Å²) >= 11 is 5.80. The van der Waals surface area contributed by atoms with E-state index in [-0.39, 0.29) is 5.92 Å². The van der Waals surface area contributed by atoms with Gasteiger partial charge in [0.05, 0.1) is 13.2 Å². The first kappa shape index (κ1) is 12.8. The van der Waals surface area contributed by atoms with Crippen LogP contribution in [0.3, 0.4) is 0 Å². The summed E-state index contributed by atoms with van der Waals surface area (Å²) in [6.45, 7) is 4.16. The zero-order chi connectivity index (χ0) is 12.1. The standard InChI is InChI=1S/C12H15ClN2O/c1-8(2)9(6-7-14)10-4-5-11(13)15-12(10)16-3/h4-5,8-9H,6H2,1-3H3. The third-order valence-corrected chi connectivity index (χ3v) is 2.77. The number of aromatic nitrogens is 1. The zero-order valence-corrected chi connectivity index (χ0v) is 10.5. The molecule has 0 aliphatic rings. The van der Waals surface area contributed by atoms with Crippen molar-refractivity contribution < 1.29 is 4.74 Å². The van der Waals surface area contributed by atoms with E-state index < -0.39 is 0 Å². The van der Waals surface area contributed by atoms with Gasteiger partial charge in [-0.25, -0.2) is 4.98 Å². The van der Waals surface area contributed by atoms with Crippen molar-refractivity contribution in [2.45, 2.75) is 26.2 Å². The van der Waals surface area contributed by atoms with Crippen LogP contribution in [0.2, 0.25) is 5.15 Å². The number of hydrogen-bond donors (Lipinski definition) is 0. The summed E-state index contributed by atoms with van der Waals surface area (Å²) < 4.78 is 5.20. The molecule has 1 atom stereocenters. The highest BCUT2D eigenvalue weighted by Gasteiger charge is 2.20. The lowest BCUT2D eigenvalue weighted by Crippen LogP contribution is -2.08. The molecular formula is C12H15ClN2O. The van der Waals surface area contributed by atoms with Crippen LogP contribution in [0.25, 0.3) is 0 Å². The van der Waals surface area contributed by atoms with E-state index in [1.54, 1.807) is 13.2 Å². The van der Waals surface area contributed by atoms with E-state index in [0.29, 0.717) is 23.4 Å². The summed E-state index contributed by atoms with van der Waals surface area (Å²) in [4.78, 5) is 4.11. The van der Waals surface area contributed by atoms with Gasteiger partial charge in [-0.05, 0) is 12.0 Å². The van der Waals surface area contributed by atoms with Crippen LogP contribution in [0.1, 0.15) is 31.7 Å². The van der Waals surface area contributed by atoms with Crippen LogP contribution in [0.5, 0.6) is 5.88 Å². The van der Waals surface area contributed by atoms with E-state index in [9.17, 15) is 0 Å². The molecule has 0 amide bonds. The molecule has 1 aromatic heterocycles. The zero-order valence-electron chi connectivity index (χ0n) is 9.70. The maximum Gasteiger partial charge on any atom is 0.218 e. The van der Waals surface area contributed by atoms with Crippen LogP contribution in [-0.2, 0) is 0 Å². The van der Waals surface area contributed by atoms with Gasteiger partial charge in [0.2, 0.25) is 5.88 Å². The fourth-order valence-corrected chi connectivity index (χ4v) is 1.82. The van der Waals surface area contributed by atoms with E-state index in [4.69, 9.17) is 21.6 Å². The van der Waals surface area contributed by atoms with E-state index in [1.165, 1.54) is 0 Å². The van der Waals surface area contributed by atoms with Crippen molar-refractivity contribution in [3.63, 3.8) is 0 Å². The molecule has 0 saturated carbocycles.